The minimum Gasteiger partial charge on any atom is -0.352 e. The highest BCUT2D eigenvalue weighted by atomic mass is 35.5. The van der Waals surface area contributed by atoms with Gasteiger partial charge in [0.2, 0.25) is 15.9 Å². The molecule has 0 heterocycles. The number of carbonyl (C=O) groups is 1. The number of amides is 1. The number of hydrogen-bond donors (Lipinski definition) is 2. The highest BCUT2D eigenvalue weighted by Crippen LogP contribution is 2.18. The second-order valence-corrected chi connectivity index (χ2v) is 8.03. The van der Waals surface area contributed by atoms with Gasteiger partial charge in [-0.15, -0.1) is 0 Å². The molecule has 1 aromatic rings. The van der Waals surface area contributed by atoms with Crippen LogP contribution in [0.15, 0.2) is 29.2 Å². The molecule has 1 unspecified atom stereocenters. The molecule has 0 aromatic heterocycles. The van der Waals surface area contributed by atoms with E-state index in [1.807, 2.05) is 0 Å². The van der Waals surface area contributed by atoms with Crippen molar-refractivity contribution in [1.29, 1.82) is 0 Å². The molecule has 0 spiro atoms. The Bertz CT molecular complexity index is 625. The SMILES string of the molecule is CCC(NS(=O)(=O)c1ccc(Cl)cc1)C(=O)NC1CCCCC1. The van der Waals surface area contributed by atoms with Crippen LogP contribution >= 0.6 is 11.6 Å². The van der Waals surface area contributed by atoms with Crippen molar-refractivity contribution in [1.82, 2.24) is 10.0 Å². The minimum absolute atomic E-state index is 0.103. The molecule has 1 amide bonds. The number of rotatable bonds is 6. The summed E-state index contributed by atoms with van der Waals surface area (Å²) in [5.41, 5.74) is 0. The minimum atomic E-state index is -3.74. The molecule has 0 saturated heterocycles. The predicted molar refractivity (Wildman–Crippen MR) is 90.9 cm³/mol. The largest absolute Gasteiger partial charge is 0.352 e. The summed E-state index contributed by atoms with van der Waals surface area (Å²) in [6, 6.07) is 5.27. The number of hydrogen-bond acceptors (Lipinski definition) is 3. The van der Waals surface area contributed by atoms with Gasteiger partial charge in [-0.1, -0.05) is 37.8 Å². The maximum absolute atomic E-state index is 12.4. The van der Waals surface area contributed by atoms with E-state index in [9.17, 15) is 13.2 Å². The molecule has 0 radical (unpaired) electrons. The Hall–Kier alpha value is -1.11. The van der Waals surface area contributed by atoms with E-state index < -0.39 is 16.1 Å². The maximum atomic E-state index is 12.4. The predicted octanol–water partition coefficient (Wildman–Crippen LogP) is 2.85. The number of nitrogens with one attached hydrogen (secondary N) is 2. The van der Waals surface area contributed by atoms with Crippen molar-refractivity contribution >= 4 is 27.5 Å². The topological polar surface area (TPSA) is 75.3 Å². The van der Waals surface area contributed by atoms with Gasteiger partial charge in [-0.25, -0.2) is 8.42 Å². The fourth-order valence-electron chi connectivity index (χ4n) is 2.74. The molecule has 5 nitrogen and oxygen atoms in total. The van der Waals surface area contributed by atoms with Crippen molar-refractivity contribution in [2.75, 3.05) is 0 Å². The normalized spacial score (nSPS) is 17.7. The molecule has 1 aromatic carbocycles. The van der Waals surface area contributed by atoms with Crippen LogP contribution in [0.4, 0.5) is 0 Å². The van der Waals surface area contributed by atoms with Gasteiger partial charge >= 0.3 is 0 Å². The summed E-state index contributed by atoms with van der Waals surface area (Å²) in [7, 11) is -3.74. The van der Waals surface area contributed by atoms with E-state index in [1.54, 1.807) is 6.92 Å². The van der Waals surface area contributed by atoms with Crippen molar-refractivity contribution in [3.63, 3.8) is 0 Å². The lowest BCUT2D eigenvalue weighted by molar-refractivity contribution is -0.123. The molecule has 7 heteroatoms. The van der Waals surface area contributed by atoms with Crippen LogP contribution in [-0.2, 0) is 14.8 Å². The first-order chi connectivity index (χ1) is 10.9. The van der Waals surface area contributed by atoms with Gasteiger partial charge in [-0.05, 0) is 43.5 Å². The summed E-state index contributed by atoms with van der Waals surface area (Å²) in [5.74, 6) is -0.253. The molecule has 1 atom stereocenters. The Morgan fingerprint density at radius 2 is 1.83 bits per heavy atom. The Morgan fingerprint density at radius 3 is 2.39 bits per heavy atom. The molecule has 1 fully saturated rings. The van der Waals surface area contributed by atoms with Crippen LogP contribution in [0.2, 0.25) is 5.02 Å². The van der Waals surface area contributed by atoms with Gasteiger partial charge in [0.1, 0.15) is 6.04 Å². The summed E-state index contributed by atoms with van der Waals surface area (Å²) in [6.07, 6.45) is 5.74. The highest BCUT2D eigenvalue weighted by molar-refractivity contribution is 7.89. The zero-order chi connectivity index (χ0) is 16.9. The Balaban J connectivity index is 2.02. The molecule has 23 heavy (non-hydrogen) atoms. The maximum Gasteiger partial charge on any atom is 0.241 e. The van der Waals surface area contributed by atoms with Crippen molar-refractivity contribution in [3.05, 3.63) is 29.3 Å². The van der Waals surface area contributed by atoms with Crippen molar-refractivity contribution < 1.29 is 13.2 Å². The van der Waals surface area contributed by atoms with Crippen LogP contribution in [0.5, 0.6) is 0 Å². The van der Waals surface area contributed by atoms with Gasteiger partial charge in [-0.3, -0.25) is 4.79 Å². The Morgan fingerprint density at radius 1 is 1.22 bits per heavy atom. The summed E-state index contributed by atoms with van der Waals surface area (Å²) in [4.78, 5) is 12.4. The average molecular weight is 359 g/mol. The lowest BCUT2D eigenvalue weighted by atomic mass is 9.95. The fourth-order valence-corrected chi connectivity index (χ4v) is 4.14. The van der Waals surface area contributed by atoms with Crippen LogP contribution in [-0.4, -0.2) is 26.4 Å². The number of sulfonamides is 1. The molecule has 0 bridgehead atoms. The molecule has 1 saturated carbocycles. The zero-order valence-corrected chi connectivity index (χ0v) is 14.8. The van der Waals surface area contributed by atoms with Gasteiger partial charge in [0.25, 0.3) is 0 Å². The molecular weight excluding hydrogens is 336 g/mol. The molecule has 1 aliphatic rings. The number of carbonyl (C=O) groups excluding carboxylic acids is 1. The monoisotopic (exact) mass is 358 g/mol. The average Bonchev–Trinajstić information content (AvgIpc) is 2.54. The fraction of sp³-hybridized carbons (Fsp3) is 0.562. The van der Waals surface area contributed by atoms with Crippen molar-refractivity contribution in [2.45, 2.75) is 62.4 Å². The number of halogens is 1. The quantitative estimate of drug-likeness (QED) is 0.821. The standard InChI is InChI=1S/C16H23ClN2O3S/c1-2-15(16(20)18-13-6-4-3-5-7-13)19-23(21,22)14-10-8-12(17)9-11-14/h8-11,13,15,19H,2-7H2,1H3,(H,18,20). The first-order valence-electron chi connectivity index (χ1n) is 8.00. The third-order valence-corrected chi connectivity index (χ3v) is 5.84. The van der Waals surface area contributed by atoms with Crippen LogP contribution < -0.4 is 10.0 Å². The van der Waals surface area contributed by atoms with E-state index >= 15 is 0 Å². The van der Waals surface area contributed by atoms with Gasteiger partial charge in [-0.2, -0.15) is 4.72 Å². The van der Waals surface area contributed by atoms with E-state index in [0.717, 1.165) is 25.7 Å². The van der Waals surface area contributed by atoms with E-state index in [0.29, 0.717) is 11.4 Å². The first-order valence-corrected chi connectivity index (χ1v) is 9.87. The van der Waals surface area contributed by atoms with Crippen LogP contribution in [0.1, 0.15) is 45.4 Å². The van der Waals surface area contributed by atoms with E-state index in [4.69, 9.17) is 11.6 Å². The molecule has 1 aliphatic carbocycles. The smallest absolute Gasteiger partial charge is 0.241 e. The summed E-state index contributed by atoms with van der Waals surface area (Å²) in [6.45, 7) is 1.79. The highest BCUT2D eigenvalue weighted by Gasteiger charge is 2.26. The summed E-state index contributed by atoms with van der Waals surface area (Å²) >= 11 is 5.77. The van der Waals surface area contributed by atoms with Crippen molar-refractivity contribution in [2.24, 2.45) is 0 Å². The lowest BCUT2D eigenvalue weighted by Crippen LogP contribution is -2.49. The van der Waals surface area contributed by atoms with Gasteiger partial charge in [0.15, 0.2) is 0 Å². The van der Waals surface area contributed by atoms with Crippen LogP contribution in [0.25, 0.3) is 0 Å². The first kappa shape index (κ1) is 18.2. The van der Waals surface area contributed by atoms with Gasteiger partial charge in [0.05, 0.1) is 4.90 Å². The second-order valence-electron chi connectivity index (χ2n) is 5.88. The second kappa shape index (κ2) is 8.13. The van der Waals surface area contributed by atoms with Gasteiger partial charge < -0.3 is 5.32 Å². The van der Waals surface area contributed by atoms with E-state index in [2.05, 4.69) is 10.0 Å². The van der Waals surface area contributed by atoms with E-state index in [1.165, 1.54) is 30.7 Å². The summed E-state index contributed by atoms with van der Waals surface area (Å²) in [5, 5.41) is 3.43. The number of benzene rings is 1. The molecule has 2 rings (SSSR count). The molecule has 0 aliphatic heterocycles. The summed E-state index contributed by atoms with van der Waals surface area (Å²) < 4.78 is 27.2. The Labute approximate surface area is 142 Å². The molecule has 128 valence electrons. The Kier molecular flexibility index (Phi) is 6.44. The van der Waals surface area contributed by atoms with Crippen LogP contribution in [0.3, 0.4) is 0 Å². The molecular formula is C16H23ClN2O3S. The lowest BCUT2D eigenvalue weighted by Gasteiger charge is -2.25. The third-order valence-electron chi connectivity index (χ3n) is 4.10. The van der Waals surface area contributed by atoms with E-state index in [-0.39, 0.29) is 16.8 Å². The molecule has 2 N–H and O–H groups in total. The zero-order valence-electron chi connectivity index (χ0n) is 13.2. The third kappa shape index (κ3) is 5.19. The van der Waals surface area contributed by atoms with Crippen molar-refractivity contribution in [3.8, 4) is 0 Å². The van der Waals surface area contributed by atoms with Gasteiger partial charge in [0, 0.05) is 11.1 Å². The van der Waals surface area contributed by atoms with Crippen LogP contribution in [0, 0.1) is 0 Å².